The lowest BCUT2D eigenvalue weighted by atomic mass is 10.1. The summed E-state index contributed by atoms with van der Waals surface area (Å²) in [5.74, 6) is 0. The number of rotatable bonds is 0. The van der Waals surface area contributed by atoms with Crippen LogP contribution in [0, 0.1) is 6.42 Å². The molecule has 0 aromatic rings. The zero-order chi connectivity index (χ0) is 6.85. The Balaban J connectivity index is 2.62. The van der Waals surface area contributed by atoms with Crippen molar-refractivity contribution < 1.29 is 0 Å². The van der Waals surface area contributed by atoms with Crippen molar-refractivity contribution in [1.29, 1.82) is 0 Å². The van der Waals surface area contributed by atoms with Crippen molar-refractivity contribution in [3.8, 4) is 0 Å². The number of hydrogen-bond acceptors (Lipinski definition) is 1. The third-order valence-corrected chi connectivity index (χ3v) is 2.05. The van der Waals surface area contributed by atoms with Crippen LogP contribution in [0.25, 0.3) is 0 Å². The lowest BCUT2D eigenvalue weighted by Gasteiger charge is -2.30. The minimum Gasteiger partial charge on any atom is -0.376 e. The van der Waals surface area contributed by atoms with Crippen molar-refractivity contribution in [1.82, 2.24) is 4.90 Å². The molecule has 0 aliphatic carbocycles. The summed E-state index contributed by atoms with van der Waals surface area (Å²) in [7, 11) is 2.14. The van der Waals surface area contributed by atoms with Gasteiger partial charge in [-0.05, 0) is 26.7 Å². The van der Waals surface area contributed by atoms with Gasteiger partial charge in [0.2, 0.25) is 0 Å². The van der Waals surface area contributed by atoms with Gasteiger partial charge in [0.1, 0.15) is 0 Å². The van der Waals surface area contributed by atoms with Crippen molar-refractivity contribution in [3.05, 3.63) is 18.2 Å². The van der Waals surface area contributed by atoms with E-state index in [0.29, 0.717) is 6.04 Å². The molecule has 0 aromatic carbocycles. The van der Waals surface area contributed by atoms with Gasteiger partial charge in [0.05, 0.1) is 0 Å². The van der Waals surface area contributed by atoms with Crippen LogP contribution in [0.4, 0.5) is 0 Å². The van der Waals surface area contributed by atoms with Gasteiger partial charge in [0.15, 0.2) is 0 Å². The molecule has 1 nitrogen and oxygen atoms in total. The van der Waals surface area contributed by atoms with Crippen molar-refractivity contribution in [2.45, 2.75) is 26.3 Å². The van der Waals surface area contributed by atoms with Gasteiger partial charge in [0.25, 0.3) is 0 Å². The molecule has 1 rings (SSSR count). The summed E-state index contributed by atoms with van der Waals surface area (Å²) in [5, 5.41) is 0. The molecule has 1 radical (unpaired) electrons. The highest BCUT2D eigenvalue weighted by Gasteiger charge is 2.12. The predicted molar refractivity (Wildman–Crippen MR) is 39.9 cm³/mol. The van der Waals surface area contributed by atoms with Gasteiger partial charge in [-0.25, -0.2) is 0 Å². The first kappa shape index (κ1) is 6.66. The Bertz CT molecular complexity index is 127. The SMILES string of the molecule is CC1=C[CH]CC(C)N1C. The number of allylic oxidation sites excluding steroid dienone is 2. The van der Waals surface area contributed by atoms with E-state index in [1.807, 2.05) is 0 Å². The molecule has 0 N–H and O–H groups in total. The van der Waals surface area contributed by atoms with Crippen LogP contribution < -0.4 is 0 Å². The van der Waals surface area contributed by atoms with Crippen LogP contribution in [0.15, 0.2) is 11.8 Å². The fraction of sp³-hybridized carbons (Fsp3) is 0.625. The zero-order valence-electron chi connectivity index (χ0n) is 6.39. The maximum absolute atomic E-state index is 2.31. The fourth-order valence-electron chi connectivity index (χ4n) is 1.06. The van der Waals surface area contributed by atoms with Crippen LogP contribution in [0.5, 0.6) is 0 Å². The van der Waals surface area contributed by atoms with Crippen LogP contribution in [0.1, 0.15) is 20.3 Å². The van der Waals surface area contributed by atoms with Gasteiger partial charge in [-0.15, -0.1) is 0 Å². The summed E-state index contributed by atoms with van der Waals surface area (Å²) in [6.45, 7) is 4.39. The molecule has 0 bridgehead atoms. The topological polar surface area (TPSA) is 3.24 Å². The van der Waals surface area contributed by atoms with Crippen LogP contribution in [0.2, 0.25) is 0 Å². The summed E-state index contributed by atoms with van der Waals surface area (Å²) in [4.78, 5) is 2.31. The van der Waals surface area contributed by atoms with Crippen LogP contribution in [-0.2, 0) is 0 Å². The summed E-state index contributed by atoms with van der Waals surface area (Å²) in [5.41, 5.74) is 1.37. The Morgan fingerprint density at radius 1 is 1.67 bits per heavy atom. The lowest BCUT2D eigenvalue weighted by Crippen LogP contribution is -2.29. The van der Waals surface area contributed by atoms with Gasteiger partial charge in [0, 0.05) is 18.8 Å². The largest absolute Gasteiger partial charge is 0.376 e. The van der Waals surface area contributed by atoms with Gasteiger partial charge in [-0.2, -0.15) is 0 Å². The average Bonchev–Trinajstić information content (AvgIpc) is 1.83. The first-order chi connectivity index (χ1) is 4.22. The quantitative estimate of drug-likeness (QED) is 0.476. The number of hydrogen-bond donors (Lipinski definition) is 0. The number of nitrogens with zero attached hydrogens (tertiary/aromatic N) is 1. The van der Waals surface area contributed by atoms with Crippen molar-refractivity contribution in [2.75, 3.05) is 7.05 Å². The minimum atomic E-state index is 0.690. The second-order valence-corrected chi connectivity index (χ2v) is 2.74. The zero-order valence-corrected chi connectivity index (χ0v) is 6.39. The molecule has 9 heavy (non-hydrogen) atoms. The Morgan fingerprint density at radius 3 is 2.78 bits per heavy atom. The second-order valence-electron chi connectivity index (χ2n) is 2.74. The molecular weight excluding hydrogens is 110 g/mol. The van der Waals surface area contributed by atoms with E-state index in [2.05, 4.69) is 38.3 Å². The molecule has 0 saturated heterocycles. The van der Waals surface area contributed by atoms with Crippen molar-refractivity contribution >= 4 is 0 Å². The van der Waals surface area contributed by atoms with E-state index in [0.717, 1.165) is 0 Å². The van der Waals surface area contributed by atoms with E-state index >= 15 is 0 Å². The molecular formula is C8H14N. The summed E-state index contributed by atoms with van der Waals surface area (Å²) < 4.78 is 0. The first-order valence-electron chi connectivity index (χ1n) is 3.44. The van der Waals surface area contributed by atoms with Crippen LogP contribution in [0.3, 0.4) is 0 Å². The Morgan fingerprint density at radius 2 is 2.33 bits per heavy atom. The van der Waals surface area contributed by atoms with E-state index in [9.17, 15) is 0 Å². The third-order valence-electron chi connectivity index (χ3n) is 2.05. The van der Waals surface area contributed by atoms with Crippen molar-refractivity contribution in [3.63, 3.8) is 0 Å². The maximum Gasteiger partial charge on any atom is 0.0261 e. The minimum absolute atomic E-state index is 0.690. The first-order valence-corrected chi connectivity index (χ1v) is 3.44. The molecule has 0 spiro atoms. The second kappa shape index (κ2) is 2.42. The van der Waals surface area contributed by atoms with Gasteiger partial charge >= 0.3 is 0 Å². The van der Waals surface area contributed by atoms with E-state index in [-0.39, 0.29) is 0 Å². The summed E-state index contributed by atoms with van der Waals surface area (Å²) in [6, 6.07) is 0.690. The monoisotopic (exact) mass is 124 g/mol. The highest BCUT2D eigenvalue weighted by atomic mass is 15.1. The standard InChI is InChI=1S/C8H14N/c1-7-5-4-6-8(2)9(7)3/h4-5,8H,6H2,1-3H3. The van der Waals surface area contributed by atoms with Gasteiger partial charge < -0.3 is 4.90 Å². The smallest absolute Gasteiger partial charge is 0.0261 e. The molecule has 1 atom stereocenters. The molecule has 1 unspecified atom stereocenters. The van der Waals surface area contributed by atoms with Crippen LogP contribution >= 0.6 is 0 Å². The molecule has 51 valence electrons. The molecule has 0 amide bonds. The maximum atomic E-state index is 2.31. The molecule has 1 heterocycles. The summed E-state index contributed by atoms with van der Waals surface area (Å²) in [6.07, 6.45) is 5.60. The highest BCUT2D eigenvalue weighted by Crippen LogP contribution is 2.16. The third kappa shape index (κ3) is 1.26. The highest BCUT2D eigenvalue weighted by molar-refractivity contribution is 5.10. The lowest BCUT2D eigenvalue weighted by molar-refractivity contribution is 0.309. The Kier molecular flexibility index (Phi) is 1.79. The average molecular weight is 124 g/mol. The Hall–Kier alpha value is -0.460. The van der Waals surface area contributed by atoms with Gasteiger partial charge in [-0.3, -0.25) is 0 Å². The molecule has 1 heteroatoms. The van der Waals surface area contributed by atoms with E-state index in [4.69, 9.17) is 0 Å². The Labute approximate surface area is 57.4 Å². The van der Waals surface area contributed by atoms with Crippen molar-refractivity contribution in [2.24, 2.45) is 0 Å². The molecule has 0 fully saturated rings. The molecule has 0 saturated carbocycles. The van der Waals surface area contributed by atoms with Gasteiger partial charge in [-0.1, -0.05) is 6.08 Å². The molecule has 0 aromatic heterocycles. The fourth-order valence-corrected chi connectivity index (χ4v) is 1.06. The normalized spacial score (nSPS) is 28.1. The van der Waals surface area contributed by atoms with E-state index < -0.39 is 0 Å². The van der Waals surface area contributed by atoms with E-state index in [1.54, 1.807) is 0 Å². The van der Waals surface area contributed by atoms with Crippen LogP contribution in [-0.4, -0.2) is 18.0 Å². The molecule has 1 aliphatic rings. The molecule has 1 aliphatic heterocycles. The predicted octanol–water partition coefficient (Wildman–Crippen LogP) is 1.82. The summed E-state index contributed by atoms with van der Waals surface area (Å²) >= 11 is 0. The van der Waals surface area contributed by atoms with E-state index in [1.165, 1.54) is 12.1 Å².